The second-order valence-corrected chi connectivity index (χ2v) is 8.35. The molecule has 0 amide bonds. The number of morpholine rings is 1. The molecule has 6 nitrogen and oxygen atoms in total. The number of fused-ring (bicyclic) bond motifs is 1. The van der Waals surface area contributed by atoms with Crippen molar-refractivity contribution in [1.29, 1.82) is 0 Å². The predicted octanol–water partition coefficient (Wildman–Crippen LogP) is 5.36. The lowest BCUT2D eigenvalue weighted by Crippen LogP contribution is -2.38. The number of halogens is 3. The zero-order valence-corrected chi connectivity index (χ0v) is 20.2. The van der Waals surface area contributed by atoms with E-state index in [-0.39, 0.29) is 30.1 Å². The number of ether oxygens (including phenoxy) is 2. The van der Waals surface area contributed by atoms with Gasteiger partial charge in [-0.3, -0.25) is 4.90 Å². The summed E-state index contributed by atoms with van der Waals surface area (Å²) in [7, 11) is 0. The molecule has 2 aliphatic rings. The fourth-order valence-corrected chi connectivity index (χ4v) is 4.37. The van der Waals surface area contributed by atoms with Gasteiger partial charge < -0.3 is 14.8 Å². The summed E-state index contributed by atoms with van der Waals surface area (Å²) in [6.07, 6.45) is 8.90. The molecule has 1 aliphatic carbocycles. The van der Waals surface area contributed by atoms with E-state index in [2.05, 4.69) is 20.2 Å². The molecule has 2 fully saturated rings. The molecule has 1 aromatic carbocycles. The molecule has 174 valence electrons. The molecular weight excluding hydrogens is 459 g/mol. The van der Waals surface area contributed by atoms with Crippen molar-refractivity contribution in [3.63, 3.8) is 0 Å². The van der Waals surface area contributed by atoms with Gasteiger partial charge in [-0.05, 0) is 42.6 Å². The fourth-order valence-electron chi connectivity index (χ4n) is 4.19. The van der Waals surface area contributed by atoms with E-state index in [0.29, 0.717) is 12.6 Å². The van der Waals surface area contributed by atoms with E-state index in [9.17, 15) is 0 Å². The van der Waals surface area contributed by atoms with Crippen LogP contribution in [0, 0.1) is 0 Å². The first kappa shape index (κ1) is 26.2. The van der Waals surface area contributed by atoms with E-state index in [1.54, 1.807) is 0 Å². The Morgan fingerprint density at radius 2 is 1.74 bits per heavy atom. The van der Waals surface area contributed by atoms with Crippen LogP contribution < -0.4 is 10.1 Å². The molecule has 2 aromatic rings. The van der Waals surface area contributed by atoms with E-state index >= 15 is 0 Å². The van der Waals surface area contributed by atoms with Crippen LogP contribution in [-0.4, -0.2) is 60.4 Å². The number of anilines is 1. The van der Waals surface area contributed by atoms with Crippen LogP contribution in [0.3, 0.4) is 0 Å². The smallest absolute Gasteiger partial charge is 0.224 e. The van der Waals surface area contributed by atoms with E-state index in [4.69, 9.17) is 21.1 Å². The quantitative estimate of drug-likeness (QED) is 0.549. The maximum Gasteiger partial charge on any atom is 0.224 e. The highest BCUT2D eigenvalue weighted by Gasteiger charge is 2.15. The lowest BCUT2D eigenvalue weighted by atomic mass is 9.96. The lowest BCUT2D eigenvalue weighted by molar-refractivity contribution is 0.0322. The van der Waals surface area contributed by atoms with Crippen molar-refractivity contribution in [3.05, 3.63) is 23.5 Å². The maximum absolute atomic E-state index is 6.20. The van der Waals surface area contributed by atoms with E-state index in [1.807, 2.05) is 18.2 Å². The van der Waals surface area contributed by atoms with Crippen molar-refractivity contribution in [2.24, 2.45) is 0 Å². The Bertz CT molecular complexity index is 798. The lowest BCUT2D eigenvalue weighted by Gasteiger charge is -2.26. The van der Waals surface area contributed by atoms with Gasteiger partial charge in [0, 0.05) is 31.1 Å². The van der Waals surface area contributed by atoms with Crippen molar-refractivity contribution in [3.8, 4) is 5.75 Å². The molecule has 31 heavy (non-hydrogen) atoms. The zero-order valence-electron chi connectivity index (χ0n) is 17.9. The summed E-state index contributed by atoms with van der Waals surface area (Å²) >= 11 is 6.20. The minimum Gasteiger partial charge on any atom is -0.492 e. The molecule has 0 unspecified atom stereocenters. The highest BCUT2D eigenvalue weighted by atomic mass is 35.5. The fraction of sp³-hybridized carbons (Fsp3) is 0.636. The molecule has 4 rings (SSSR count). The average Bonchev–Trinajstić information content (AvgIpc) is 2.71. The molecule has 1 N–H and O–H groups in total. The van der Waals surface area contributed by atoms with Crippen molar-refractivity contribution in [2.45, 2.75) is 51.0 Å². The second-order valence-electron chi connectivity index (χ2n) is 8.01. The highest BCUT2D eigenvalue weighted by molar-refractivity contribution is 6.28. The summed E-state index contributed by atoms with van der Waals surface area (Å²) < 4.78 is 11.4. The van der Waals surface area contributed by atoms with Gasteiger partial charge in [-0.25, -0.2) is 9.97 Å². The minimum absolute atomic E-state index is 0. The monoisotopic (exact) mass is 490 g/mol. The van der Waals surface area contributed by atoms with Crippen molar-refractivity contribution in [1.82, 2.24) is 14.9 Å². The molecule has 1 saturated carbocycles. The van der Waals surface area contributed by atoms with Crippen molar-refractivity contribution < 1.29 is 9.47 Å². The number of nitrogens with one attached hydrogen (secondary N) is 1. The Balaban J connectivity index is 0.00000171. The van der Waals surface area contributed by atoms with Crippen LogP contribution in [0.2, 0.25) is 5.28 Å². The van der Waals surface area contributed by atoms with Crippen LogP contribution in [0.15, 0.2) is 18.2 Å². The largest absolute Gasteiger partial charge is 0.492 e. The maximum atomic E-state index is 6.20. The number of benzene rings is 1. The molecule has 1 aromatic heterocycles. The van der Waals surface area contributed by atoms with Gasteiger partial charge in [0.2, 0.25) is 5.28 Å². The summed E-state index contributed by atoms with van der Waals surface area (Å²) in [4.78, 5) is 11.3. The summed E-state index contributed by atoms with van der Waals surface area (Å²) in [6.45, 7) is 5.14. The van der Waals surface area contributed by atoms with Crippen molar-refractivity contribution >= 4 is 53.1 Å². The Kier molecular flexibility index (Phi) is 11.4. The van der Waals surface area contributed by atoms with Gasteiger partial charge in [0.05, 0.1) is 18.7 Å². The first-order valence-electron chi connectivity index (χ1n) is 10.9. The van der Waals surface area contributed by atoms with Crippen LogP contribution >= 0.6 is 36.4 Å². The SMILES string of the molecule is Cl.Cl.Clc1nc(NC2CCCCCCC2)c2cc(OCCN3CCOCC3)ccc2n1. The van der Waals surface area contributed by atoms with E-state index < -0.39 is 0 Å². The summed E-state index contributed by atoms with van der Waals surface area (Å²) in [6, 6.07) is 6.41. The van der Waals surface area contributed by atoms with Gasteiger partial charge >= 0.3 is 0 Å². The molecule has 1 saturated heterocycles. The molecule has 9 heteroatoms. The summed E-state index contributed by atoms with van der Waals surface area (Å²) in [5.41, 5.74) is 0.846. The third-order valence-electron chi connectivity index (χ3n) is 5.87. The molecule has 0 atom stereocenters. The number of aromatic nitrogens is 2. The average molecular weight is 492 g/mol. The van der Waals surface area contributed by atoms with Gasteiger partial charge in [0.1, 0.15) is 18.2 Å². The summed E-state index contributed by atoms with van der Waals surface area (Å²) in [5, 5.41) is 4.91. The highest BCUT2D eigenvalue weighted by Crippen LogP contribution is 2.29. The third-order valence-corrected chi connectivity index (χ3v) is 6.03. The predicted molar refractivity (Wildman–Crippen MR) is 132 cm³/mol. The molecular formula is C22H33Cl3N4O2. The van der Waals surface area contributed by atoms with E-state index in [0.717, 1.165) is 55.3 Å². The number of nitrogens with zero attached hydrogens (tertiary/aromatic N) is 3. The van der Waals surface area contributed by atoms with Crippen LogP contribution in [0.5, 0.6) is 5.75 Å². The number of hydrogen-bond acceptors (Lipinski definition) is 6. The Morgan fingerprint density at radius 3 is 2.48 bits per heavy atom. The van der Waals surface area contributed by atoms with Gasteiger partial charge in [0.15, 0.2) is 0 Å². The van der Waals surface area contributed by atoms with Gasteiger partial charge in [-0.1, -0.05) is 32.1 Å². The molecule has 0 spiro atoms. The molecule has 0 radical (unpaired) electrons. The van der Waals surface area contributed by atoms with Gasteiger partial charge in [-0.2, -0.15) is 0 Å². The van der Waals surface area contributed by atoms with Crippen molar-refractivity contribution in [2.75, 3.05) is 44.8 Å². The first-order valence-corrected chi connectivity index (χ1v) is 11.3. The summed E-state index contributed by atoms with van der Waals surface area (Å²) in [5.74, 6) is 1.67. The Morgan fingerprint density at radius 1 is 1.03 bits per heavy atom. The van der Waals surface area contributed by atoms with Crippen LogP contribution in [0.1, 0.15) is 44.9 Å². The molecule has 2 heterocycles. The number of rotatable bonds is 6. The van der Waals surface area contributed by atoms with Crippen LogP contribution in [0.25, 0.3) is 10.9 Å². The first-order chi connectivity index (χ1) is 14.3. The topological polar surface area (TPSA) is 59.5 Å². The van der Waals surface area contributed by atoms with Gasteiger partial charge in [-0.15, -0.1) is 24.8 Å². The zero-order chi connectivity index (χ0) is 19.9. The van der Waals surface area contributed by atoms with E-state index in [1.165, 1.54) is 44.9 Å². The van der Waals surface area contributed by atoms with Gasteiger partial charge in [0.25, 0.3) is 0 Å². The second kappa shape index (κ2) is 13.5. The Hall–Kier alpha value is -1.05. The number of hydrogen-bond donors (Lipinski definition) is 1. The Labute approximate surface area is 202 Å². The normalized spacial score (nSPS) is 18.4. The third kappa shape index (κ3) is 7.79. The minimum atomic E-state index is 0. The molecule has 0 bridgehead atoms. The molecule has 1 aliphatic heterocycles. The standard InChI is InChI=1S/C22H31ClN4O2.2ClH/c23-22-25-20-9-8-18(29-15-12-27-10-13-28-14-11-27)16-19(20)21(26-22)24-17-6-4-2-1-3-5-7-17;;/h8-9,16-17H,1-7,10-15H2,(H,24,25,26);2*1H. The van der Waals surface area contributed by atoms with Crippen LogP contribution in [-0.2, 0) is 4.74 Å². The van der Waals surface area contributed by atoms with Crippen LogP contribution in [0.4, 0.5) is 5.82 Å².